The smallest absolute Gasteiger partial charge is 0.311 e. The van der Waals surface area contributed by atoms with Gasteiger partial charge in [-0.05, 0) is 78.2 Å². The van der Waals surface area contributed by atoms with Gasteiger partial charge in [0.15, 0.2) is 0 Å². The van der Waals surface area contributed by atoms with Crippen LogP contribution >= 0.6 is 11.9 Å². The van der Waals surface area contributed by atoms with Crippen molar-refractivity contribution in [3.8, 4) is 0 Å². The lowest BCUT2D eigenvalue weighted by Crippen LogP contribution is -2.11. The van der Waals surface area contributed by atoms with Gasteiger partial charge in [0.05, 0.1) is 4.92 Å². The van der Waals surface area contributed by atoms with E-state index in [-0.39, 0.29) is 17.5 Å². The number of nitrogens with zero attached hydrogens (tertiary/aromatic N) is 2. The van der Waals surface area contributed by atoms with Gasteiger partial charge in [-0.1, -0.05) is 25.1 Å². The number of aryl methyl sites for hydroxylation is 2. The molecule has 2 N–H and O–H groups in total. The fourth-order valence-electron chi connectivity index (χ4n) is 3.51. The number of fused-ring (bicyclic) bond motifs is 1. The van der Waals surface area contributed by atoms with Gasteiger partial charge >= 0.3 is 5.69 Å². The molecule has 6 nitrogen and oxygen atoms in total. The Morgan fingerprint density at radius 1 is 1.21 bits per heavy atom. The van der Waals surface area contributed by atoms with Crippen LogP contribution in [0.5, 0.6) is 0 Å². The second-order valence-corrected chi connectivity index (χ2v) is 7.89. The quantitative estimate of drug-likeness (QED) is 0.303. The topological polar surface area (TPSA) is 80.1 Å². The van der Waals surface area contributed by atoms with Gasteiger partial charge in [-0.15, -0.1) is 0 Å². The summed E-state index contributed by atoms with van der Waals surface area (Å²) in [5.41, 5.74) is 4.64. The number of pyridine rings is 1. The zero-order valence-electron chi connectivity index (χ0n) is 16.1. The average Bonchev–Trinajstić information content (AvgIpc) is 3.15. The standard InChI is InChI=1S/C22H22N4O2S/c1-2-15-5-10-18(11-6-15)29-25-20-12-8-16-7-9-17(14-19(16)20)24-22-21(26(27)28)4-3-13-23-22/h3-7,9-11,13-14,20,25H,2,8,12H2,1H3,(H,23,24). The van der Waals surface area contributed by atoms with E-state index in [1.807, 2.05) is 6.07 Å². The molecule has 1 aliphatic rings. The van der Waals surface area contributed by atoms with Crippen LogP contribution < -0.4 is 10.0 Å². The van der Waals surface area contributed by atoms with E-state index in [1.54, 1.807) is 24.2 Å². The van der Waals surface area contributed by atoms with Crippen molar-refractivity contribution in [3.05, 3.63) is 87.6 Å². The molecule has 4 rings (SSSR count). The van der Waals surface area contributed by atoms with E-state index in [1.165, 1.54) is 27.7 Å². The fourth-order valence-corrected chi connectivity index (χ4v) is 4.31. The van der Waals surface area contributed by atoms with Crippen LogP contribution in [0.2, 0.25) is 0 Å². The van der Waals surface area contributed by atoms with Crippen molar-refractivity contribution in [2.75, 3.05) is 5.32 Å². The molecule has 2 aromatic carbocycles. The number of aromatic nitrogens is 1. The third kappa shape index (κ3) is 4.41. The van der Waals surface area contributed by atoms with Crippen molar-refractivity contribution >= 4 is 29.1 Å². The summed E-state index contributed by atoms with van der Waals surface area (Å²) < 4.78 is 3.58. The van der Waals surface area contributed by atoms with Crippen LogP contribution in [0, 0.1) is 10.1 Å². The van der Waals surface area contributed by atoms with E-state index in [9.17, 15) is 10.1 Å². The van der Waals surface area contributed by atoms with E-state index < -0.39 is 4.92 Å². The number of nitrogens with one attached hydrogen (secondary N) is 2. The molecule has 0 fully saturated rings. The Bertz CT molecular complexity index is 1020. The predicted octanol–water partition coefficient (Wildman–Crippen LogP) is 5.58. The number of hydrogen-bond donors (Lipinski definition) is 2. The molecular formula is C22H22N4O2S. The van der Waals surface area contributed by atoms with Crippen LogP contribution in [0.15, 0.2) is 65.7 Å². The van der Waals surface area contributed by atoms with Gasteiger partial charge in [0, 0.05) is 28.9 Å². The molecule has 0 aliphatic heterocycles. The van der Waals surface area contributed by atoms with E-state index in [2.05, 4.69) is 58.3 Å². The van der Waals surface area contributed by atoms with Crippen molar-refractivity contribution in [3.63, 3.8) is 0 Å². The Morgan fingerprint density at radius 2 is 2.03 bits per heavy atom. The van der Waals surface area contributed by atoms with Crippen molar-refractivity contribution in [1.82, 2.24) is 9.71 Å². The van der Waals surface area contributed by atoms with Crippen molar-refractivity contribution in [2.45, 2.75) is 37.1 Å². The predicted molar refractivity (Wildman–Crippen MR) is 116 cm³/mol. The molecular weight excluding hydrogens is 384 g/mol. The molecule has 1 aliphatic carbocycles. The molecule has 7 heteroatoms. The molecule has 0 radical (unpaired) electrons. The maximum absolute atomic E-state index is 11.2. The van der Waals surface area contributed by atoms with Gasteiger partial charge in [0.25, 0.3) is 0 Å². The third-order valence-corrected chi connectivity index (χ3v) is 6.03. The molecule has 148 valence electrons. The average molecular weight is 407 g/mol. The zero-order valence-corrected chi connectivity index (χ0v) is 16.9. The van der Waals surface area contributed by atoms with Crippen LogP contribution in [0.1, 0.15) is 36.1 Å². The number of nitro groups is 1. The highest BCUT2D eigenvalue weighted by Crippen LogP contribution is 2.36. The second-order valence-electron chi connectivity index (χ2n) is 6.98. The SMILES string of the molecule is CCc1ccc(SNC2CCc3ccc(Nc4ncccc4[N+](=O)[O-])cc32)cc1. The Hall–Kier alpha value is -2.90. The molecule has 1 aromatic heterocycles. The first-order chi connectivity index (χ1) is 14.1. The maximum Gasteiger partial charge on any atom is 0.311 e. The molecule has 1 heterocycles. The van der Waals surface area contributed by atoms with E-state index in [0.717, 1.165) is 24.9 Å². The number of rotatable bonds is 7. The molecule has 3 aromatic rings. The Labute approximate surface area is 174 Å². The Kier molecular flexibility index (Phi) is 5.78. The van der Waals surface area contributed by atoms with E-state index in [4.69, 9.17) is 0 Å². The molecule has 1 unspecified atom stereocenters. The molecule has 29 heavy (non-hydrogen) atoms. The monoisotopic (exact) mass is 406 g/mol. The highest BCUT2D eigenvalue weighted by Gasteiger charge is 2.23. The summed E-state index contributed by atoms with van der Waals surface area (Å²) >= 11 is 1.64. The second kappa shape index (κ2) is 8.63. The lowest BCUT2D eigenvalue weighted by Gasteiger charge is -2.15. The summed E-state index contributed by atoms with van der Waals surface area (Å²) in [7, 11) is 0. The van der Waals surface area contributed by atoms with Crippen LogP contribution in [-0.2, 0) is 12.8 Å². The Balaban J connectivity index is 1.48. The van der Waals surface area contributed by atoms with Crippen LogP contribution in [0.25, 0.3) is 0 Å². The summed E-state index contributed by atoms with van der Waals surface area (Å²) in [5, 5.41) is 14.3. The van der Waals surface area contributed by atoms with Gasteiger partial charge < -0.3 is 5.32 Å². The van der Waals surface area contributed by atoms with Crippen LogP contribution in [-0.4, -0.2) is 9.91 Å². The number of benzene rings is 2. The summed E-state index contributed by atoms with van der Waals surface area (Å²) in [6.07, 6.45) is 4.64. The van der Waals surface area contributed by atoms with Gasteiger partial charge in [-0.3, -0.25) is 14.8 Å². The molecule has 0 bridgehead atoms. The fraction of sp³-hybridized carbons (Fsp3) is 0.227. The van der Waals surface area contributed by atoms with Gasteiger partial charge in [-0.2, -0.15) is 0 Å². The summed E-state index contributed by atoms with van der Waals surface area (Å²) in [6, 6.07) is 18.0. The first-order valence-electron chi connectivity index (χ1n) is 9.64. The maximum atomic E-state index is 11.2. The molecule has 0 spiro atoms. The molecule has 1 atom stereocenters. The number of anilines is 2. The minimum Gasteiger partial charge on any atom is -0.334 e. The van der Waals surface area contributed by atoms with Crippen molar-refractivity contribution in [2.24, 2.45) is 0 Å². The van der Waals surface area contributed by atoms with E-state index in [0.29, 0.717) is 0 Å². The van der Waals surface area contributed by atoms with Gasteiger partial charge in [0.2, 0.25) is 5.82 Å². The van der Waals surface area contributed by atoms with Crippen LogP contribution in [0.4, 0.5) is 17.2 Å². The molecule has 0 saturated heterocycles. The van der Waals surface area contributed by atoms with Crippen molar-refractivity contribution < 1.29 is 4.92 Å². The Morgan fingerprint density at radius 3 is 2.79 bits per heavy atom. The van der Waals surface area contributed by atoms with Gasteiger partial charge in [-0.25, -0.2) is 4.98 Å². The zero-order chi connectivity index (χ0) is 20.2. The molecule has 0 saturated carbocycles. The highest BCUT2D eigenvalue weighted by atomic mass is 32.2. The summed E-state index contributed by atoms with van der Waals surface area (Å²) in [5.74, 6) is 0.255. The first-order valence-corrected chi connectivity index (χ1v) is 10.5. The minimum absolute atomic E-state index is 0.0336. The first kappa shape index (κ1) is 19.4. The highest BCUT2D eigenvalue weighted by molar-refractivity contribution is 7.97. The van der Waals surface area contributed by atoms with Crippen molar-refractivity contribution in [1.29, 1.82) is 0 Å². The number of hydrogen-bond acceptors (Lipinski definition) is 6. The lowest BCUT2D eigenvalue weighted by molar-refractivity contribution is -0.384. The minimum atomic E-state index is -0.423. The molecule has 0 amide bonds. The lowest BCUT2D eigenvalue weighted by atomic mass is 10.1. The van der Waals surface area contributed by atoms with Gasteiger partial charge in [0.1, 0.15) is 0 Å². The van der Waals surface area contributed by atoms with Crippen LogP contribution in [0.3, 0.4) is 0 Å². The summed E-state index contributed by atoms with van der Waals surface area (Å²) in [6.45, 7) is 2.15. The van der Waals surface area contributed by atoms with E-state index >= 15 is 0 Å². The largest absolute Gasteiger partial charge is 0.334 e. The third-order valence-electron chi connectivity index (χ3n) is 5.12. The summed E-state index contributed by atoms with van der Waals surface area (Å²) in [4.78, 5) is 16.1. The normalized spacial score (nSPS) is 15.1.